The second-order valence-electron chi connectivity index (χ2n) is 8.51. The topological polar surface area (TPSA) is 64.4 Å². The number of benzene rings is 2. The van der Waals surface area contributed by atoms with Crippen LogP contribution in [0.2, 0.25) is 0 Å². The maximum absolute atomic E-state index is 12.7. The van der Waals surface area contributed by atoms with E-state index in [4.69, 9.17) is 4.74 Å². The number of fused-ring (bicyclic) bond motifs is 1. The molecule has 6 nitrogen and oxygen atoms in total. The second kappa shape index (κ2) is 8.02. The summed E-state index contributed by atoms with van der Waals surface area (Å²) in [5.74, 6) is 1.65. The summed E-state index contributed by atoms with van der Waals surface area (Å²) in [5.41, 5.74) is 2.69. The molecule has 2 aliphatic rings. The van der Waals surface area contributed by atoms with Crippen molar-refractivity contribution >= 4 is 11.8 Å². The van der Waals surface area contributed by atoms with E-state index < -0.39 is 0 Å². The Bertz CT molecular complexity index is 1080. The van der Waals surface area contributed by atoms with Crippen molar-refractivity contribution in [2.75, 3.05) is 13.1 Å². The molecule has 0 unspecified atom stereocenters. The maximum atomic E-state index is 12.7. The van der Waals surface area contributed by atoms with Gasteiger partial charge in [-0.25, -0.2) is 4.79 Å². The predicted molar refractivity (Wildman–Crippen MR) is 117 cm³/mol. The van der Waals surface area contributed by atoms with Gasteiger partial charge in [0.15, 0.2) is 5.78 Å². The fourth-order valence-electron chi connectivity index (χ4n) is 4.81. The molecule has 0 spiro atoms. The minimum Gasteiger partial charge on any atom is -0.490 e. The second-order valence-corrected chi connectivity index (χ2v) is 8.51. The number of ketones is 1. The number of carbonyl (C=O) groups is 2. The molecule has 5 rings (SSSR count). The molecule has 2 aromatic carbocycles. The molecule has 2 fully saturated rings. The van der Waals surface area contributed by atoms with Gasteiger partial charge in [-0.05, 0) is 54.0 Å². The van der Waals surface area contributed by atoms with Crippen molar-refractivity contribution in [2.45, 2.75) is 25.9 Å². The van der Waals surface area contributed by atoms with Crippen LogP contribution >= 0.6 is 0 Å². The number of ether oxygens (including phenoxy) is 1. The van der Waals surface area contributed by atoms with Gasteiger partial charge in [-0.15, -0.1) is 0 Å². The van der Waals surface area contributed by atoms with Gasteiger partial charge in [0.2, 0.25) is 0 Å². The van der Waals surface area contributed by atoms with Gasteiger partial charge < -0.3 is 9.64 Å². The van der Waals surface area contributed by atoms with E-state index in [0.717, 1.165) is 18.6 Å². The Balaban J connectivity index is 1.17. The van der Waals surface area contributed by atoms with Gasteiger partial charge in [0.05, 0.1) is 6.10 Å². The van der Waals surface area contributed by atoms with E-state index in [1.54, 1.807) is 12.3 Å². The summed E-state index contributed by atoms with van der Waals surface area (Å²) in [4.78, 5) is 26.0. The fourth-order valence-corrected chi connectivity index (χ4v) is 4.81. The molecule has 1 aliphatic heterocycles. The van der Waals surface area contributed by atoms with Crippen molar-refractivity contribution < 1.29 is 14.3 Å². The molecule has 1 saturated heterocycles. The summed E-state index contributed by atoms with van der Waals surface area (Å²) < 4.78 is 7.53. The number of hydrogen-bond donors (Lipinski definition) is 0. The van der Waals surface area contributed by atoms with Crippen molar-refractivity contribution in [1.82, 2.24) is 14.7 Å². The SMILES string of the molecule is CC(=O)c1ccn(C(=O)N2C[C@H]3C[C@H](Oc4ccc(-c5ccccc5)cc4)C[C@H]3C2)n1. The average molecular weight is 415 g/mol. The molecule has 1 saturated carbocycles. The highest BCUT2D eigenvalue weighted by molar-refractivity contribution is 5.92. The van der Waals surface area contributed by atoms with Gasteiger partial charge in [0.1, 0.15) is 11.4 Å². The Hall–Kier alpha value is -3.41. The molecule has 3 atom stereocenters. The lowest BCUT2D eigenvalue weighted by Gasteiger charge is -2.20. The number of nitrogens with zero attached hydrogens (tertiary/aromatic N) is 3. The quantitative estimate of drug-likeness (QED) is 0.588. The van der Waals surface area contributed by atoms with Crippen LogP contribution in [0.3, 0.4) is 0 Å². The molecule has 3 aromatic rings. The minimum absolute atomic E-state index is 0.137. The van der Waals surface area contributed by atoms with Crippen molar-refractivity contribution in [3.8, 4) is 16.9 Å². The number of amides is 1. The van der Waals surface area contributed by atoms with Crippen molar-refractivity contribution in [3.63, 3.8) is 0 Å². The van der Waals surface area contributed by atoms with E-state index in [1.165, 1.54) is 22.7 Å². The third kappa shape index (κ3) is 3.98. The van der Waals surface area contributed by atoms with Gasteiger partial charge in [-0.1, -0.05) is 42.5 Å². The molecule has 0 N–H and O–H groups in total. The lowest BCUT2D eigenvalue weighted by atomic mass is 10.0. The molecular weight excluding hydrogens is 390 g/mol. The zero-order valence-electron chi connectivity index (χ0n) is 17.5. The first-order chi connectivity index (χ1) is 15.1. The lowest BCUT2D eigenvalue weighted by Crippen LogP contribution is -2.34. The number of aromatic nitrogens is 2. The molecule has 6 heteroatoms. The zero-order chi connectivity index (χ0) is 21.4. The molecule has 0 radical (unpaired) electrons. The third-order valence-corrected chi connectivity index (χ3v) is 6.39. The maximum Gasteiger partial charge on any atom is 0.344 e. The monoisotopic (exact) mass is 415 g/mol. The Morgan fingerprint density at radius 3 is 2.16 bits per heavy atom. The highest BCUT2D eigenvalue weighted by Gasteiger charge is 2.43. The molecule has 1 aromatic heterocycles. The molecular formula is C25H25N3O3. The van der Waals surface area contributed by atoms with E-state index in [0.29, 0.717) is 30.6 Å². The van der Waals surface area contributed by atoms with Crippen LogP contribution in [-0.4, -0.2) is 45.7 Å². The van der Waals surface area contributed by atoms with E-state index in [2.05, 4.69) is 29.4 Å². The number of hydrogen-bond acceptors (Lipinski definition) is 4. The Morgan fingerprint density at radius 2 is 1.55 bits per heavy atom. The first kappa shape index (κ1) is 19.5. The minimum atomic E-state index is -0.157. The van der Waals surface area contributed by atoms with Crippen molar-refractivity contribution in [1.29, 1.82) is 0 Å². The van der Waals surface area contributed by atoms with Crippen LogP contribution in [0.4, 0.5) is 4.79 Å². The van der Waals surface area contributed by atoms with E-state index in [9.17, 15) is 9.59 Å². The summed E-state index contributed by atoms with van der Waals surface area (Å²) >= 11 is 0. The molecule has 1 aliphatic carbocycles. The standard InChI is InChI=1S/C25H25N3O3/c1-17(29)24-11-12-28(26-24)25(30)27-15-20-13-23(14-21(20)16-27)31-22-9-7-19(8-10-22)18-5-3-2-4-6-18/h2-12,20-21,23H,13-16H2,1H3/t20-,21+,23+. The molecule has 0 bridgehead atoms. The van der Waals surface area contributed by atoms with E-state index in [-0.39, 0.29) is 17.9 Å². The van der Waals surface area contributed by atoms with Gasteiger partial charge in [0.25, 0.3) is 0 Å². The summed E-state index contributed by atoms with van der Waals surface area (Å²) in [6, 6.07) is 20.0. The number of likely N-dealkylation sites (tertiary alicyclic amines) is 1. The first-order valence-electron chi connectivity index (χ1n) is 10.7. The predicted octanol–water partition coefficient (Wildman–Crippen LogP) is 4.51. The summed E-state index contributed by atoms with van der Waals surface area (Å²) in [7, 11) is 0. The van der Waals surface area contributed by atoms with Crippen LogP contribution in [-0.2, 0) is 0 Å². The van der Waals surface area contributed by atoms with Crippen molar-refractivity contribution in [2.24, 2.45) is 11.8 Å². The van der Waals surface area contributed by atoms with Crippen LogP contribution in [0, 0.1) is 11.8 Å². The van der Waals surface area contributed by atoms with Crippen LogP contribution in [0.5, 0.6) is 5.75 Å². The molecule has 2 heterocycles. The summed E-state index contributed by atoms with van der Waals surface area (Å²) in [5, 5.41) is 4.10. The highest BCUT2D eigenvalue weighted by atomic mass is 16.5. The zero-order valence-corrected chi connectivity index (χ0v) is 17.5. The Labute approximate surface area is 181 Å². The normalized spacial score (nSPS) is 22.4. The Morgan fingerprint density at radius 1 is 0.903 bits per heavy atom. The van der Waals surface area contributed by atoms with E-state index >= 15 is 0 Å². The van der Waals surface area contributed by atoms with Crippen LogP contribution in [0.25, 0.3) is 11.1 Å². The summed E-state index contributed by atoms with van der Waals surface area (Å²) in [6.07, 6.45) is 3.65. The van der Waals surface area contributed by atoms with Gasteiger partial charge in [0, 0.05) is 26.2 Å². The lowest BCUT2D eigenvalue weighted by molar-refractivity contribution is 0.101. The van der Waals surface area contributed by atoms with Crippen LogP contribution in [0.1, 0.15) is 30.3 Å². The van der Waals surface area contributed by atoms with Gasteiger partial charge >= 0.3 is 6.03 Å². The first-order valence-corrected chi connectivity index (χ1v) is 10.7. The average Bonchev–Trinajstić information content (AvgIpc) is 3.50. The van der Waals surface area contributed by atoms with E-state index in [1.807, 2.05) is 35.2 Å². The fraction of sp³-hybridized carbons (Fsp3) is 0.320. The van der Waals surface area contributed by atoms with Crippen LogP contribution in [0.15, 0.2) is 66.9 Å². The highest BCUT2D eigenvalue weighted by Crippen LogP contribution is 2.40. The third-order valence-electron chi connectivity index (χ3n) is 6.39. The molecule has 1 amide bonds. The molecule has 158 valence electrons. The van der Waals surface area contributed by atoms with Crippen molar-refractivity contribution in [3.05, 3.63) is 72.6 Å². The van der Waals surface area contributed by atoms with Gasteiger partial charge in [-0.2, -0.15) is 9.78 Å². The number of Topliss-reactive ketones (excluding diaryl/α,β-unsaturated/α-hetero) is 1. The summed E-state index contributed by atoms with van der Waals surface area (Å²) in [6.45, 7) is 2.88. The number of carbonyl (C=O) groups excluding carboxylic acids is 2. The molecule has 31 heavy (non-hydrogen) atoms. The van der Waals surface area contributed by atoms with Crippen LogP contribution < -0.4 is 4.74 Å². The van der Waals surface area contributed by atoms with Gasteiger partial charge in [-0.3, -0.25) is 4.79 Å². The number of rotatable bonds is 4. The smallest absolute Gasteiger partial charge is 0.344 e. The Kier molecular flexibility index (Phi) is 5.06. The largest absolute Gasteiger partial charge is 0.490 e.